The molecule has 0 aliphatic rings. The van der Waals surface area contributed by atoms with Crippen LogP contribution in [-0.2, 0) is 16.6 Å². The minimum atomic E-state index is -3.55. The summed E-state index contributed by atoms with van der Waals surface area (Å²) >= 11 is 0. The number of nitrogens with zero attached hydrogens (tertiary/aromatic N) is 1. The van der Waals surface area contributed by atoms with Gasteiger partial charge < -0.3 is 5.73 Å². The van der Waals surface area contributed by atoms with Crippen molar-refractivity contribution in [1.82, 2.24) is 4.31 Å². The molecule has 0 heterocycles. The summed E-state index contributed by atoms with van der Waals surface area (Å²) in [4.78, 5) is 0.262. The van der Waals surface area contributed by atoms with Crippen LogP contribution in [0.1, 0.15) is 16.7 Å². The SMILES string of the molecule is Cc1cccc(CN(C)S(=O)(=O)c2cccc(N)c2C)c1. The Morgan fingerprint density at radius 2 is 1.76 bits per heavy atom. The number of sulfonamides is 1. The Balaban J connectivity index is 2.33. The van der Waals surface area contributed by atoms with E-state index in [1.807, 2.05) is 31.2 Å². The van der Waals surface area contributed by atoms with Gasteiger partial charge in [-0.1, -0.05) is 35.9 Å². The summed E-state index contributed by atoms with van der Waals surface area (Å²) in [7, 11) is -1.97. The Hall–Kier alpha value is -1.85. The Kier molecular flexibility index (Phi) is 4.34. The molecule has 0 fully saturated rings. The molecule has 2 aromatic carbocycles. The Bertz CT molecular complexity index is 755. The first-order valence-electron chi connectivity index (χ1n) is 6.69. The molecule has 21 heavy (non-hydrogen) atoms. The zero-order chi connectivity index (χ0) is 15.6. The molecule has 112 valence electrons. The second-order valence-electron chi connectivity index (χ2n) is 5.22. The summed E-state index contributed by atoms with van der Waals surface area (Å²) < 4.78 is 26.7. The van der Waals surface area contributed by atoms with Gasteiger partial charge in [-0.25, -0.2) is 8.42 Å². The van der Waals surface area contributed by atoms with Crippen LogP contribution in [0.25, 0.3) is 0 Å². The minimum Gasteiger partial charge on any atom is -0.398 e. The first-order chi connectivity index (χ1) is 9.82. The lowest BCUT2D eigenvalue weighted by molar-refractivity contribution is 0.466. The molecule has 0 radical (unpaired) electrons. The van der Waals surface area contributed by atoms with Crippen molar-refractivity contribution < 1.29 is 8.42 Å². The molecule has 2 N–H and O–H groups in total. The largest absolute Gasteiger partial charge is 0.398 e. The number of nitrogen functional groups attached to an aromatic ring is 1. The van der Waals surface area contributed by atoms with E-state index in [0.717, 1.165) is 11.1 Å². The Morgan fingerprint density at radius 1 is 1.10 bits per heavy atom. The number of anilines is 1. The summed E-state index contributed by atoms with van der Waals surface area (Å²) in [6, 6.07) is 12.8. The van der Waals surface area contributed by atoms with Crippen LogP contribution in [0.5, 0.6) is 0 Å². The quantitative estimate of drug-likeness (QED) is 0.883. The van der Waals surface area contributed by atoms with Crippen molar-refractivity contribution >= 4 is 15.7 Å². The third kappa shape index (κ3) is 3.25. The fourth-order valence-electron chi connectivity index (χ4n) is 2.23. The van der Waals surface area contributed by atoms with Gasteiger partial charge in [0.15, 0.2) is 0 Å². The van der Waals surface area contributed by atoms with E-state index in [1.165, 1.54) is 4.31 Å². The predicted molar refractivity (Wildman–Crippen MR) is 85.4 cm³/mol. The van der Waals surface area contributed by atoms with Gasteiger partial charge in [0.1, 0.15) is 0 Å². The maximum Gasteiger partial charge on any atom is 0.243 e. The number of hydrogen-bond acceptors (Lipinski definition) is 3. The maximum absolute atomic E-state index is 12.7. The summed E-state index contributed by atoms with van der Waals surface area (Å²) in [6.07, 6.45) is 0. The molecule has 0 amide bonds. The first kappa shape index (κ1) is 15.5. The smallest absolute Gasteiger partial charge is 0.243 e. The molecule has 0 atom stereocenters. The zero-order valence-corrected chi connectivity index (χ0v) is 13.3. The van der Waals surface area contributed by atoms with E-state index in [4.69, 9.17) is 5.73 Å². The standard InChI is InChI=1S/C16H20N2O2S/c1-12-6-4-7-14(10-12)11-18(3)21(19,20)16-9-5-8-15(17)13(16)2/h4-10H,11,17H2,1-3H3. The highest BCUT2D eigenvalue weighted by molar-refractivity contribution is 7.89. The van der Waals surface area contributed by atoms with Crippen molar-refractivity contribution in [2.75, 3.05) is 12.8 Å². The van der Waals surface area contributed by atoms with Crippen molar-refractivity contribution in [2.45, 2.75) is 25.3 Å². The van der Waals surface area contributed by atoms with Crippen molar-refractivity contribution in [2.24, 2.45) is 0 Å². The van der Waals surface area contributed by atoms with Crippen molar-refractivity contribution in [3.8, 4) is 0 Å². The van der Waals surface area contributed by atoms with Crippen LogP contribution >= 0.6 is 0 Å². The average Bonchev–Trinajstić information content (AvgIpc) is 2.41. The molecule has 4 nitrogen and oxygen atoms in total. The summed E-state index contributed by atoms with van der Waals surface area (Å²) in [5.41, 5.74) is 8.95. The molecular weight excluding hydrogens is 284 g/mol. The zero-order valence-electron chi connectivity index (χ0n) is 12.5. The fraction of sp³-hybridized carbons (Fsp3) is 0.250. The van der Waals surface area contributed by atoms with Crippen molar-refractivity contribution in [3.05, 3.63) is 59.2 Å². The molecule has 0 bridgehead atoms. The van der Waals surface area contributed by atoms with Gasteiger partial charge in [-0.15, -0.1) is 0 Å². The van der Waals surface area contributed by atoms with E-state index in [2.05, 4.69) is 0 Å². The van der Waals surface area contributed by atoms with Crippen LogP contribution in [0.15, 0.2) is 47.4 Å². The molecule has 0 spiro atoms. The summed E-state index contributed by atoms with van der Waals surface area (Å²) in [5, 5.41) is 0. The molecular formula is C16H20N2O2S. The van der Waals surface area contributed by atoms with Gasteiger partial charge in [-0.05, 0) is 37.1 Å². The number of hydrogen-bond donors (Lipinski definition) is 1. The molecule has 0 aromatic heterocycles. The first-order valence-corrected chi connectivity index (χ1v) is 8.13. The van der Waals surface area contributed by atoms with E-state index in [1.54, 1.807) is 32.2 Å². The molecule has 0 saturated carbocycles. The van der Waals surface area contributed by atoms with Crippen molar-refractivity contribution in [3.63, 3.8) is 0 Å². The molecule has 0 unspecified atom stereocenters. The van der Waals surface area contributed by atoms with Gasteiger partial charge in [0.25, 0.3) is 0 Å². The van der Waals surface area contributed by atoms with E-state index >= 15 is 0 Å². The number of nitrogens with two attached hydrogens (primary N) is 1. The van der Waals surface area contributed by atoms with E-state index < -0.39 is 10.0 Å². The number of rotatable bonds is 4. The highest BCUT2D eigenvalue weighted by Crippen LogP contribution is 2.24. The molecule has 2 rings (SSSR count). The lowest BCUT2D eigenvalue weighted by atomic mass is 10.1. The van der Waals surface area contributed by atoms with Crippen LogP contribution in [0, 0.1) is 13.8 Å². The predicted octanol–water partition coefficient (Wildman–Crippen LogP) is 2.71. The Labute approximate surface area is 126 Å². The van der Waals surface area contributed by atoms with Crippen LogP contribution < -0.4 is 5.73 Å². The van der Waals surface area contributed by atoms with Gasteiger partial charge in [-0.2, -0.15) is 4.31 Å². The second-order valence-corrected chi connectivity index (χ2v) is 7.23. The summed E-state index contributed by atoms with van der Waals surface area (Å²) in [5.74, 6) is 0. The molecule has 0 aliphatic carbocycles. The Morgan fingerprint density at radius 3 is 2.43 bits per heavy atom. The average molecular weight is 304 g/mol. The maximum atomic E-state index is 12.7. The minimum absolute atomic E-state index is 0.262. The van der Waals surface area contributed by atoms with Gasteiger partial charge in [0.2, 0.25) is 10.0 Å². The molecule has 0 aliphatic heterocycles. The lowest BCUT2D eigenvalue weighted by Crippen LogP contribution is -2.27. The fourth-order valence-corrected chi connectivity index (χ4v) is 3.64. The van der Waals surface area contributed by atoms with E-state index in [-0.39, 0.29) is 4.90 Å². The third-order valence-corrected chi connectivity index (χ3v) is 5.45. The second kappa shape index (κ2) is 5.87. The topological polar surface area (TPSA) is 63.4 Å². The normalized spacial score (nSPS) is 11.8. The highest BCUT2D eigenvalue weighted by atomic mass is 32.2. The molecule has 2 aromatic rings. The highest BCUT2D eigenvalue weighted by Gasteiger charge is 2.23. The lowest BCUT2D eigenvalue weighted by Gasteiger charge is -2.19. The van der Waals surface area contributed by atoms with Gasteiger partial charge in [0.05, 0.1) is 4.90 Å². The summed E-state index contributed by atoms with van der Waals surface area (Å²) in [6.45, 7) is 4.04. The van der Waals surface area contributed by atoms with Gasteiger partial charge in [-0.3, -0.25) is 0 Å². The van der Waals surface area contributed by atoms with E-state index in [9.17, 15) is 8.42 Å². The van der Waals surface area contributed by atoms with Crippen LogP contribution in [0.2, 0.25) is 0 Å². The van der Waals surface area contributed by atoms with Crippen molar-refractivity contribution in [1.29, 1.82) is 0 Å². The van der Waals surface area contributed by atoms with E-state index in [0.29, 0.717) is 17.8 Å². The molecule has 5 heteroatoms. The third-order valence-electron chi connectivity index (χ3n) is 3.50. The monoisotopic (exact) mass is 304 g/mol. The van der Waals surface area contributed by atoms with Crippen LogP contribution in [0.4, 0.5) is 5.69 Å². The number of aryl methyl sites for hydroxylation is 1. The van der Waals surface area contributed by atoms with Gasteiger partial charge >= 0.3 is 0 Å². The van der Waals surface area contributed by atoms with Gasteiger partial charge in [0, 0.05) is 19.3 Å². The van der Waals surface area contributed by atoms with Crippen LogP contribution in [0.3, 0.4) is 0 Å². The molecule has 0 saturated heterocycles. The van der Waals surface area contributed by atoms with Crippen LogP contribution in [-0.4, -0.2) is 19.8 Å². The number of benzene rings is 2.